The fourth-order valence-corrected chi connectivity index (χ4v) is 1.83. The van der Waals surface area contributed by atoms with Crippen LogP contribution in [0.15, 0.2) is 22.7 Å². The predicted octanol–water partition coefficient (Wildman–Crippen LogP) is 2.48. The van der Waals surface area contributed by atoms with Crippen molar-refractivity contribution in [3.05, 3.63) is 34.1 Å². The van der Waals surface area contributed by atoms with E-state index in [9.17, 15) is 14.0 Å². The zero-order chi connectivity index (χ0) is 15.3. The summed E-state index contributed by atoms with van der Waals surface area (Å²) < 4.78 is 14.1. The van der Waals surface area contributed by atoms with Crippen molar-refractivity contribution in [2.24, 2.45) is 5.92 Å². The number of hydrogen-bond donors (Lipinski definition) is 2. The van der Waals surface area contributed by atoms with Gasteiger partial charge < -0.3 is 10.6 Å². The second-order valence-electron chi connectivity index (χ2n) is 4.96. The van der Waals surface area contributed by atoms with Crippen molar-refractivity contribution < 1.29 is 14.0 Å². The van der Waals surface area contributed by atoms with Gasteiger partial charge in [-0.25, -0.2) is 4.39 Å². The molecule has 0 aromatic heterocycles. The molecule has 0 heterocycles. The minimum Gasteiger partial charge on any atom is -0.354 e. The summed E-state index contributed by atoms with van der Waals surface area (Å²) in [7, 11) is 0. The van der Waals surface area contributed by atoms with Crippen LogP contribution in [0.4, 0.5) is 4.39 Å². The van der Waals surface area contributed by atoms with Gasteiger partial charge in [-0.1, -0.05) is 29.8 Å². The van der Waals surface area contributed by atoms with Gasteiger partial charge in [0, 0.05) is 11.0 Å². The number of amides is 2. The van der Waals surface area contributed by atoms with Gasteiger partial charge in [0.2, 0.25) is 5.91 Å². The molecule has 0 saturated carbocycles. The highest BCUT2D eigenvalue weighted by molar-refractivity contribution is 9.10. The Hall–Kier alpha value is -1.43. The Labute approximate surface area is 126 Å². The molecule has 0 radical (unpaired) electrons. The highest BCUT2D eigenvalue weighted by Crippen LogP contribution is 2.15. The summed E-state index contributed by atoms with van der Waals surface area (Å²) in [5.41, 5.74) is -0.0946. The van der Waals surface area contributed by atoms with Gasteiger partial charge in [0.05, 0.1) is 5.56 Å². The molecule has 1 aromatic rings. The Bertz CT molecular complexity index is 506. The standard InChI is InChI=1S/C14H18BrFN2O2/c1-8(2)7-17-13(19)9(3)18-14(20)11-6-10(15)4-5-12(11)16/h4-6,8-9H,7H2,1-3H3,(H,17,19)(H,18,20). The predicted molar refractivity (Wildman–Crippen MR) is 78.9 cm³/mol. The number of carbonyl (C=O) groups is 2. The Kier molecular flexibility index (Phi) is 6.13. The van der Waals surface area contributed by atoms with Crippen molar-refractivity contribution in [1.29, 1.82) is 0 Å². The van der Waals surface area contributed by atoms with Crippen LogP contribution in [0.1, 0.15) is 31.1 Å². The van der Waals surface area contributed by atoms with Crippen molar-refractivity contribution in [3.63, 3.8) is 0 Å². The molecule has 0 aliphatic heterocycles. The molecule has 110 valence electrons. The first kappa shape index (κ1) is 16.6. The molecular formula is C14H18BrFN2O2. The van der Waals surface area contributed by atoms with Crippen molar-refractivity contribution in [2.75, 3.05) is 6.54 Å². The molecule has 0 bridgehead atoms. The number of carbonyl (C=O) groups excluding carboxylic acids is 2. The molecule has 2 N–H and O–H groups in total. The highest BCUT2D eigenvalue weighted by atomic mass is 79.9. The maximum Gasteiger partial charge on any atom is 0.254 e. The largest absolute Gasteiger partial charge is 0.354 e. The van der Waals surface area contributed by atoms with Gasteiger partial charge in [0.1, 0.15) is 11.9 Å². The van der Waals surface area contributed by atoms with E-state index >= 15 is 0 Å². The van der Waals surface area contributed by atoms with E-state index < -0.39 is 17.8 Å². The van der Waals surface area contributed by atoms with E-state index in [0.29, 0.717) is 16.9 Å². The SMILES string of the molecule is CC(C)CNC(=O)C(C)NC(=O)c1cc(Br)ccc1F. The summed E-state index contributed by atoms with van der Waals surface area (Å²) in [5.74, 6) is -1.21. The summed E-state index contributed by atoms with van der Waals surface area (Å²) in [4.78, 5) is 23.7. The van der Waals surface area contributed by atoms with Crippen LogP contribution >= 0.6 is 15.9 Å². The van der Waals surface area contributed by atoms with Crippen molar-refractivity contribution in [1.82, 2.24) is 10.6 Å². The molecule has 0 saturated heterocycles. The zero-order valence-corrected chi connectivity index (χ0v) is 13.3. The summed E-state index contributed by atoms with van der Waals surface area (Å²) in [6, 6.07) is 3.36. The quantitative estimate of drug-likeness (QED) is 0.861. The van der Waals surface area contributed by atoms with E-state index in [-0.39, 0.29) is 11.5 Å². The van der Waals surface area contributed by atoms with E-state index in [1.54, 1.807) is 6.92 Å². The van der Waals surface area contributed by atoms with Crippen LogP contribution < -0.4 is 10.6 Å². The Morgan fingerprint density at radius 3 is 2.55 bits per heavy atom. The van der Waals surface area contributed by atoms with E-state index in [1.807, 2.05) is 13.8 Å². The average Bonchev–Trinajstić information content (AvgIpc) is 2.38. The van der Waals surface area contributed by atoms with Gasteiger partial charge in [-0.15, -0.1) is 0 Å². The van der Waals surface area contributed by atoms with Crippen molar-refractivity contribution >= 4 is 27.7 Å². The van der Waals surface area contributed by atoms with Crippen LogP contribution in [0, 0.1) is 11.7 Å². The van der Waals surface area contributed by atoms with Gasteiger partial charge >= 0.3 is 0 Å². The first-order valence-corrected chi connectivity index (χ1v) is 7.14. The van der Waals surface area contributed by atoms with Gasteiger partial charge in [0.25, 0.3) is 5.91 Å². The smallest absolute Gasteiger partial charge is 0.254 e. The van der Waals surface area contributed by atoms with Crippen molar-refractivity contribution in [3.8, 4) is 0 Å². The molecular weight excluding hydrogens is 327 g/mol. The molecule has 4 nitrogen and oxygen atoms in total. The lowest BCUT2D eigenvalue weighted by atomic mass is 10.1. The average molecular weight is 345 g/mol. The normalized spacial score (nSPS) is 12.1. The van der Waals surface area contributed by atoms with Gasteiger partial charge in [-0.3, -0.25) is 9.59 Å². The van der Waals surface area contributed by atoms with Crippen LogP contribution in [0.2, 0.25) is 0 Å². The third-order valence-electron chi connectivity index (χ3n) is 2.60. The zero-order valence-electron chi connectivity index (χ0n) is 11.7. The Morgan fingerprint density at radius 2 is 1.95 bits per heavy atom. The summed E-state index contributed by atoms with van der Waals surface area (Å²) in [6.07, 6.45) is 0. The molecule has 0 aliphatic rings. The molecule has 0 fully saturated rings. The van der Waals surface area contributed by atoms with Crippen LogP contribution in [0.3, 0.4) is 0 Å². The van der Waals surface area contributed by atoms with Crippen LogP contribution in [-0.4, -0.2) is 24.4 Å². The number of rotatable bonds is 5. The minimum atomic E-state index is -0.723. The highest BCUT2D eigenvalue weighted by Gasteiger charge is 2.19. The van der Waals surface area contributed by atoms with Gasteiger partial charge in [0.15, 0.2) is 0 Å². The van der Waals surface area contributed by atoms with Gasteiger partial charge in [-0.2, -0.15) is 0 Å². The lowest BCUT2D eigenvalue weighted by Crippen LogP contribution is -2.45. The monoisotopic (exact) mass is 344 g/mol. The topological polar surface area (TPSA) is 58.2 Å². The summed E-state index contributed by atoms with van der Waals surface area (Å²) in [6.45, 7) is 6.04. The number of halogens is 2. The Balaban J connectivity index is 2.65. The molecule has 1 rings (SSSR count). The first-order chi connectivity index (χ1) is 9.31. The molecule has 1 unspecified atom stereocenters. The van der Waals surface area contributed by atoms with Gasteiger partial charge in [-0.05, 0) is 31.0 Å². The second-order valence-corrected chi connectivity index (χ2v) is 5.87. The second kappa shape index (κ2) is 7.38. The molecule has 0 spiro atoms. The van der Waals surface area contributed by atoms with Crippen molar-refractivity contribution in [2.45, 2.75) is 26.8 Å². The number of hydrogen-bond acceptors (Lipinski definition) is 2. The summed E-state index contributed by atoms with van der Waals surface area (Å²) >= 11 is 3.17. The molecule has 1 atom stereocenters. The fraction of sp³-hybridized carbons (Fsp3) is 0.429. The molecule has 1 aromatic carbocycles. The molecule has 2 amide bonds. The maximum atomic E-state index is 13.5. The number of benzene rings is 1. The van der Waals surface area contributed by atoms with E-state index in [1.165, 1.54) is 18.2 Å². The van der Waals surface area contributed by atoms with E-state index in [4.69, 9.17) is 0 Å². The minimum absolute atomic E-state index is 0.0946. The molecule has 6 heteroatoms. The van der Waals surface area contributed by atoms with Crippen LogP contribution in [-0.2, 0) is 4.79 Å². The third kappa shape index (κ3) is 4.92. The lowest BCUT2D eigenvalue weighted by Gasteiger charge is -2.15. The third-order valence-corrected chi connectivity index (χ3v) is 3.09. The fourth-order valence-electron chi connectivity index (χ4n) is 1.47. The molecule has 20 heavy (non-hydrogen) atoms. The first-order valence-electron chi connectivity index (χ1n) is 6.35. The maximum absolute atomic E-state index is 13.5. The Morgan fingerprint density at radius 1 is 1.30 bits per heavy atom. The lowest BCUT2D eigenvalue weighted by molar-refractivity contribution is -0.122. The van der Waals surface area contributed by atoms with Crippen LogP contribution in [0.25, 0.3) is 0 Å². The van der Waals surface area contributed by atoms with E-state index in [2.05, 4.69) is 26.6 Å². The van der Waals surface area contributed by atoms with E-state index in [0.717, 1.165) is 0 Å². The molecule has 0 aliphatic carbocycles. The summed E-state index contributed by atoms with van der Waals surface area (Å²) in [5, 5.41) is 5.18. The van der Waals surface area contributed by atoms with Crippen LogP contribution in [0.5, 0.6) is 0 Å². The number of nitrogens with one attached hydrogen (secondary N) is 2.